The summed E-state index contributed by atoms with van der Waals surface area (Å²) >= 11 is 5.03. The Balaban J connectivity index is 1.63. The Morgan fingerprint density at radius 1 is 1.37 bits per heavy atom. The molecule has 5 heterocycles. The average Bonchev–Trinajstić information content (AvgIpc) is 2.95. The molecule has 4 saturated heterocycles. The van der Waals surface area contributed by atoms with Gasteiger partial charge in [0, 0.05) is 22.3 Å². The quantitative estimate of drug-likeness (QED) is 0.786. The molecule has 0 saturated carbocycles. The Bertz CT molecular complexity index is 526. The first-order valence-electron chi connectivity index (χ1n) is 6.63. The molecule has 1 aromatic heterocycles. The lowest BCUT2D eigenvalue weighted by molar-refractivity contribution is -0.0881. The molecule has 4 nitrogen and oxygen atoms in total. The van der Waals surface area contributed by atoms with Gasteiger partial charge in [-0.15, -0.1) is 11.3 Å². The molecular weight excluding hydrogens is 328 g/mol. The number of ether oxygens (including phenoxy) is 1. The molecule has 2 bridgehead atoms. The van der Waals surface area contributed by atoms with Crippen molar-refractivity contribution >= 4 is 38.4 Å². The average molecular weight is 343 g/mol. The number of carbonyl (C=O) groups is 1. The van der Waals surface area contributed by atoms with E-state index in [0.29, 0.717) is 12.5 Å². The van der Waals surface area contributed by atoms with Gasteiger partial charge >= 0.3 is 6.09 Å². The van der Waals surface area contributed by atoms with E-state index in [1.807, 2.05) is 11.4 Å². The fourth-order valence-electron chi connectivity index (χ4n) is 3.63. The Hall–Kier alpha value is -0.590. The highest BCUT2D eigenvalue weighted by atomic mass is 79.9. The lowest BCUT2D eigenvalue weighted by Crippen LogP contribution is -2.61. The van der Waals surface area contributed by atoms with Gasteiger partial charge in [0.1, 0.15) is 10.6 Å². The number of thiophene rings is 1. The third-order valence-electron chi connectivity index (χ3n) is 4.58. The zero-order chi connectivity index (χ0) is 13.0. The third kappa shape index (κ3) is 1.84. The third-order valence-corrected chi connectivity index (χ3v) is 6.29. The molecule has 0 aromatic carbocycles. The van der Waals surface area contributed by atoms with Crippen LogP contribution in [-0.2, 0) is 4.74 Å². The van der Waals surface area contributed by atoms with Crippen LogP contribution in [-0.4, -0.2) is 42.8 Å². The molecule has 4 aliphatic heterocycles. The van der Waals surface area contributed by atoms with Crippen molar-refractivity contribution in [1.29, 1.82) is 0 Å². The molecule has 1 amide bonds. The molecule has 1 atom stereocenters. The van der Waals surface area contributed by atoms with Crippen molar-refractivity contribution in [3.63, 3.8) is 0 Å². The predicted molar refractivity (Wildman–Crippen MR) is 77.7 cm³/mol. The number of rotatable bonds is 1. The molecule has 4 aliphatic rings. The van der Waals surface area contributed by atoms with Gasteiger partial charge in [-0.2, -0.15) is 0 Å². The van der Waals surface area contributed by atoms with Gasteiger partial charge in [0.2, 0.25) is 0 Å². The minimum Gasteiger partial charge on any atom is -0.439 e. The van der Waals surface area contributed by atoms with Crippen molar-refractivity contribution in [3.05, 3.63) is 15.9 Å². The molecule has 19 heavy (non-hydrogen) atoms. The highest BCUT2D eigenvalue weighted by Crippen LogP contribution is 2.44. The molecule has 102 valence electrons. The van der Waals surface area contributed by atoms with Gasteiger partial charge in [-0.25, -0.2) is 4.79 Å². The van der Waals surface area contributed by atoms with Crippen LogP contribution in [0.5, 0.6) is 0 Å². The van der Waals surface area contributed by atoms with E-state index < -0.39 is 0 Å². The summed E-state index contributed by atoms with van der Waals surface area (Å²) in [6, 6.07) is 1.99. The Morgan fingerprint density at radius 2 is 2.16 bits per heavy atom. The first kappa shape index (κ1) is 12.2. The van der Waals surface area contributed by atoms with E-state index in [0.717, 1.165) is 41.9 Å². The van der Waals surface area contributed by atoms with Crippen molar-refractivity contribution < 1.29 is 9.53 Å². The zero-order valence-corrected chi connectivity index (χ0v) is 12.9. The number of amides is 1. The molecule has 1 spiro atoms. The van der Waals surface area contributed by atoms with Crippen LogP contribution < -0.4 is 4.90 Å². The van der Waals surface area contributed by atoms with E-state index in [9.17, 15) is 4.79 Å². The maximum absolute atomic E-state index is 12.2. The lowest BCUT2D eigenvalue weighted by atomic mass is 9.75. The summed E-state index contributed by atoms with van der Waals surface area (Å²) in [5, 5.41) is 2.98. The second kappa shape index (κ2) is 4.20. The van der Waals surface area contributed by atoms with Gasteiger partial charge in [-0.3, -0.25) is 9.80 Å². The lowest BCUT2D eigenvalue weighted by Gasteiger charge is -2.49. The number of anilines is 1. The standard InChI is InChI=1S/C13H15BrN2O2S/c14-10-5-11(19-6-10)16-8-13(18-12(16)17)7-15-3-1-9(13)2-4-15/h5-6,9H,1-4,7-8H2/t13-/m0/s1. The van der Waals surface area contributed by atoms with Crippen molar-refractivity contribution in [2.75, 3.05) is 31.1 Å². The van der Waals surface area contributed by atoms with E-state index >= 15 is 0 Å². The second-order valence-electron chi connectivity index (χ2n) is 5.67. The SMILES string of the molecule is O=C1O[C@@]2(CN3CCC2CC3)CN1c1cc(Br)cs1. The highest BCUT2D eigenvalue weighted by molar-refractivity contribution is 9.10. The summed E-state index contributed by atoms with van der Waals surface area (Å²) < 4.78 is 6.86. The number of hydrogen-bond donors (Lipinski definition) is 0. The van der Waals surface area contributed by atoms with Crippen LogP contribution >= 0.6 is 27.3 Å². The molecule has 4 fully saturated rings. The Labute approximate surface area is 124 Å². The summed E-state index contributed by atoms with van der Waals surface area (Å²) in [7, 11) is 0. The van der Waals surface area contributed by atoms with Gasteiger partial charge in [0.15, 0.2) is 0 Å². The van der Waals surface area contributed by atoms with Crippen molar-refractivity contribution in [2.45, 2.75) is 18.4 Å². The predicted octanol–water partition coefficient (Wildman–Crippen LogP) is 2.93. The van der Waals surface area contributed by atoms with Gasteiger partial charge in [-0.1, -0.05) is 0 Å². The van der Waals surface area contributed by atoms with Crippen molar-refractivity contribution in [1.82, 2.24) is 4.90 Å². The topological polar surface area (TPSA) is 32.8 Å². The smallest absolute Gasteiger partial charge is 0.415 e. The van der Waals surface area contributed by atoms with Crippen LogP contribution in [0.1, 0.15) is 12.8 Å². The van der Waals surface area contributed by atoms with Gasteiger partial charge in [-0.05, 0) is 47.9 Å². The van der Waals surface area contributed by atoms with Crippen molar-refractivity contribution in [3.8, 4) is 0 Å². The Kier molecular flexibility index (Phi) is 2.69. The van der Waals surface area contributed by atoms with E-state index in [4.69, 9.17) is 4.74 Å². The number of carbonyl (C=O) groups excluding carboxylic acids is 1. The van der Waals surface area contributed by atoms with E-state index in [-0.39, 0.29) is 11.7 Å². The van der Waals surface area contributed by atoms with Crippen LogP contribution in [0.4, 0.5) is 9.80 Å². The number of hydrogen-bond acceptors (Lipinski definition) is 4. The highest BCUT2D eigenvalue weighted by Gasteiger charge is 2.55. The molecular formula is C13H15BrN2O2S. The number of piperidine rings is 3. The molecule has 5 rings (SSSR count). The molecule has 0 unspecified atom stereocenters. The number of fused-ring (bicyclic) bond motifs is 2. The number of nitrogens with zero attached hydrogens (tertiary/aromatic N) is 2. The van der Waals surface area contributed by atoms with Crippen LogP contribution in [0.2, 0.25) is 0 Å². The van der Waals surface area contributed by atoms with Crippen LogP contribution in [0.15, 0.2) is 15.9 Å². The maximum atomic E-state index is 12.2. The van der Waals surface area contributed by atoms with E-state index in [1.165, 1.54) is 0 Å². The first-order chi connectivity index (χ1) is 9.16. The molecule has 0 radical (unpaired) electrons. The maximum Gasteiger partial charge on any atom is 0.415 e. The summed E-state index contributed by atoms with van der Waals surface area (Å²) in [4.78, 5) is 16.4. The largest absolute Gasteiger partial charge is 0.439 e. The zero-order valence-electron chi connectivity index (χ0n) is 10.5. The van der Waals surface area contributed by atoms with Crippen LogP contribution in [0.25, 0.3) is 0 Å². The second-order valence-corrected chi connectivity index (χ2v) is 7.48. The summed E-state index contributed by atoms with van der Waals surface area (Å²) in [5.74, 6) is 0.537. The van der Waals surface area contributed by atoms with Gasteiger partial charge in [0.25, 0.3) is 0 Å². The monoisotopic (exact) mass is 342 g/mol. The molecule has 0 aliphatic carbocycles. The van der Waals surface area contributed by atoms with Crippen LogP contribution in [0, 0.1) is 5.92 Å². The van der Waals surface area contributed by atoms with Gasteiger partial charge < -0.3 is 4.74 Å². The Morgan fingerprint density at radius 3 is 2.74 bits per heavy atom. The minimum atomic E-state index is -0.260. The minimum absolute atomic E-state index is 0.178. The number of halogens is 1. The summed E-state index contributed by atoms with van der Waals surface area (Å²) in [6.45, 7) is 3.94. The molecule has 6 heteroatoms. The van der Waals surface area contributed by atoms with E-state index in [2.05, 4.69) is 20.8 Å². The first-order valence-corrected chi connectivity index (χ1v) is 8.30. The van der Waals surface area contributed by atoms with Crippen molar-refractivity contribution in [2.24, 2.45) is 5.92 Å². The normalized spacial score (nSPS) is 37.1. The fraction of sp³-hybridized carbons (Fsp3) is 0.615. The van der Waals surface area contributed by atoms with Gasteiger partial charge in [0.05, 0.1) is 6.54 Å². The molecule has 0 N–H and O–H groups in total. The summed E-state index contributed by atoms with van der Waals surface area (Å²) in [5.41, 5.74) is -0.260. The van der Waals surface area contributed by atoms with E-state index in [1.54, 1.807) is 16.2 Å². The summed E-state index contributed by atoms with van der Waals surface area (Å²) in [6.07, 6.45) is 2.15. The van der Waals surface area contributed by atoms with Crippen LogP contribution in [0.3, 0.4) is 0 Å². The molecule has 1 aromatic rings. The fourth-order valence-corrected chi connectivity index (χ4v) is 5.04.